The van der Waals surface area contributed by atoms with Crippen molar-refractivity contribution in [2.24, 2.45) is 5.18 Å². The maximum atomic E-state index is 11.3. The molecule has 0 atom stereocenters. The van der Waals surface area contributed by atoms with Crippen LogP contribution < -0.4 is 14.8 Å². The van der Waals surface area contributed by atoms with Crippen LogP contribution in [0.25, 0.3) is 11.1 Å². The Labute approximate surface area is 239 Å². The van der Waals surface area contributed by atoms with Crippen LogP contribution in [-0.4, -0.2) is 10.9 Å². The summed E-state index contributed by atoms with van der Waals surface area (Å²) in [7, 11) is 0. The first-order valence-electron chi connectivity index (χ1n) is 12.0. The monoisotopic (exact) mass is 605 g/mol. The highest BCUT2D eigenvalue weighted by Crippen LogP contribution is 2.36. The first-order chi connectivity index (χ1) is 18.9. The number of ether oxygens (including phenoxy) is 2. The Morgan fingerprint density at radius 1 is 1.00 bits per heavy atom. The number of allylic oxidation sites excluding steroid dienone is 1. The van der Waals surface area contributed by atoms with Crippen molar-refractivity contribution in [1.82, 2.24) is 10.3 Å². The Balaban J connectivity index is 1.56. The van der Waals surface area contributed by atoms with Crippen LogP contribution in [0.3, 0.4) is 0 Å². The molecule has 39 heavy (non-hydrogen) atoms. The molecular formula is C30H25BrClN3O4. The van der Waals surface area contributed by atoms with E-state index < -0.39 is 5.91 Å². The predicted octanol–water partition coefficient (Wildman–Crippen LogP) is 7.61. The molecule has 1 heterocycles. The minimum atomic E-state index is -0.864. The van der Waals surface area contributed by atoms with Crippen molar-refractivity contribution in [3.8, 4) is 22.6 Å². The molecule has 0 fully saturated rings. The first kappa shape index (κ1) is 28.0. The second-order valence-electron chi connectivity index (χ2n) is 8.58. The van der Waals surface area contributed by atoms with E-state index >= 15 is 0 Å². The van der Waals surface area contributed by atoms with E-state index in [2.05, 4.69) is 49.6 Å². The summed E-state index contributed by atoms with van der Waals surface area (Å²) < 4.78 is 13.2. The summed E-state index contributed by atoms with van der Waals surface area (Å²) >= 11 is 10.4. The lowest BCUT2D eigenvalue weighted by Gasteiger charge is -2.17. The maximum absolute atomic E-state index is 11.3. The van der Waals surface area contributed by atoms with Crippen LogP contribution in [-0.2, 0) is 24.6 Å². The van der Waals surface area contributed by atoms with E-state index in [1.165, 1.54) is 0 Å². The number of carbonyl (C=O) groups is 1. The molecule has 1 aromatic heterocycles. The Morgan fingerprint density at radius 3 is 2.54 bits per heavy atom. The molecular weight excluding hydrogens is 582 g/mol. The van der Waals surface area contributed by atoms with E-state index in [1.807, 2.05) is 42.5 Å². The van der Waals surface area contributed by atoms with Crippen molar-refractivity contribution in [3.05, 3.63) is 128 Å². The van der Waals surface area contributed by atoms with Gasteiger partial charge in [0.2, 0.25) is 0 Å². The minimum absolute atomic E-state index is 0.281. The van der Waals surface area contributed by atoms with E-state index in [-0.39, 0.29) is 13.2 Å². The van der Waals surface area contributed by atoms with Crippen molar-refractivity contribution in [3.63, 3.8) is 0 Å². The lowest BCUT2D eigenvalue weighted by molar-refractivity contribution is -0.113. The van der Waals surface area contributed by atoms with Crippen molar-refractivity contribution in [2.75, 3.05) is 0 Å². The highest BCUT2D eigenvalue weighted by Gasteiger charge is 2.14. The molecule has 0 saturated heterocycles. The number of halogens is 2. The molecule has 1 N–H and O–H groups in total. The van der Waals surface area contributed by atoms with Crippen LogP contribution in [0.5, 0.6) is 11.5 Å². The van der Waals surface area contributed by atoms with Gasteiger partial charge in [0.15, 0.2) is 0 Å². The number of hydrogen-bond acceptors (Lipinski definition) is 6. The largest absolute Gasteiger partial charge is 0.488 e. The van der Waals surface area contributed by atoms with Crippen molar-refractivity contribution in [2.45, 2.75) is 26.7 Å². The second-order valence-corrected chi connectivity index (χ2v) is 9.78. The molecule has 3 aromatic carbocycles. The standard InChI is InChI=1S/C30H25BrClN3O4/c1-20(13-29(36)35-37)34-17-24-14-26(32)28(15-27(24)38-18-21-7-6-12-33-16-21)39-19-23-10-5-11-25(30(23)31)22-8-3-2-4-9-22/h2-16,34H,17-19H2,1H3/b20-13+. The van der Waals surface area contributed by atoms with Crippen molar-refractivity contribution < 1.29 is 14.3 Å². The molecule has 0 aliphatic heterocycles. The molecule has 7 nitrogen and oxygen atoms in total. The smallest absolute Gasteiger partial charge is 0.311 e. The summed E-state index contributed by atoms with van der Waals surface area (Å²) in [5, 5.41) is 5.87. The Kier molecular flexibility index (Phi) is 9.83. The van der Waals surface area contributed by atoms with Gasteiger partial charge < -0.3 is 14.8 Å². The van der Waals surface area contributed by atoms with Gasteiger partial charge >= 0.3 is 5.91 Å². The Morgan fingerprint density at radius 2 is 1.79 bits per heavy atom. The van der Waals surface area contributed by atoms with Crippen molar-refractivity contribution >= 4 is 33.4 Å². The highest BCUT2D eigenvalue weighted by molar-refractivity contribution is 9.10. The number of amides is 1. The summed E-state index contributed by atoms with van der Waals surface area (Å²) in [5.74, 6) is 0.152. The molecule has 4 aromatic rings. The van der Waals surface area contributed by atoms with E-state index in [0.717, 1.165) is 38.4 Å². The number of carbonyl (C=O) groups excluding carboxylic acids is 1. The normalized spacial score (nSPS) is 11.1. The molecule has 0 aliphatic rings. The Bertz CT molecular complexity index is 1480. The average Bonchev–Trinajstić information content (AvgIpc) is 2.96. The van der Waals surface area contributed by atoms with Crippen LogP contribution >= 0.6 is 27.5 Å². The molecule has 9 heteroatoms. The number of nitroso groups, excluding NO2 is 1. The minimum Gasteiger partial charge on any atom is -0.488 e. The van der Waals surface area contributed by atoms with Crippen LogP contribution in [0.2, 0.25) is 5.02 Å². The van der Waals surface area contributed by atoms with Gasteiger partial charge in [-0.1, -0.05) is 66.2 Å². The zero-order valence-electron chi connectivity index (χ0n) is 21.1. The predicted molar refractivity (Wildman–Crippen MR) is 155 cm³/mol. The van der Waals surface area contributed by atoms with Gasteiger partial charge in [-0.3, -0.25) is 9.78 Å². The molecule has 0 aliphatic carbocycles. The van der Waals surface area contributed by atoms with E-state index in [1.54, 1.807) is 31.5 Å². The molecule has 0 unspecified atom stereocenters. The number of benzene rings is 3. The molecule has 0 saturated carbocycles. The summed E-state index contributed by atoms with van der Waals surface area (Å²) in [6.45, 7) is 2.53. The SMILES string of the molecule is C/C(=C\C(=O)N=O)NCc1cc(Cl)c(OCc2cccc(-c3ccccc3)c2Br)cc1OCc1cccnc1. The van der Waals surface area contributed by atoms with Crippen LogP contribution in [0.15, 0.2) is 107 Å². The van der Waals surface area contributed by atoms with E-state index in [4.69, 9.17) is 21.1 Å². The fourth-order valence-electron chi connectivity index (χ4n) is 3.79. The topological polar surface area (TPSA) is 89.9 Å². The summed E-state index contributed by atoms with van der Waals surface area (Å²) in [6, 6.07) is 23.4. The zero-order chi connectivity index (χ0) is 27.6. The zero-order valence-corrected chi connectivity index (χ0v) is 23.4. The first-order valence-corrected chi connectivity index (χ1v) is 13.2. The number of hydrogen-bond donors (Lipinski definition) is 1. The van der Waals surface area contributed by atoms with Crippen LogP contribution in [0, 0.1) is 4.91 Å². The van der Waals surface area contributed by atoms with Gasteiger partial charge in [-0.15, -0.1) is 4.91 Å². The number of nitrogens with zero attached hydrogens (tertiary/aromatic N) is 2. The summed E-state index contributed by atoms with van der Waals surface area (Å²) in [4.78, 5) is 25.9. The van der Waals surface area contributed by atoms with Gasteiger partial charge in [0.25, 0.3) is 0 Å². The third-order valence-electron chi connectivity index (χ3n) is 5.77. The van der Waals surface area contributed by atoms with Gasteiger partial charge in [0.05, 0.1) is 5.02 Å². The van der Waals surface area contributed by atoms with E-state index in [9.17, 15) is 9.70 Å². The van der Waals surface area contributed by atoms with Gasteiger partial charge in [0.1, 0.15) is 24.7 Å². The molecule has 4 rings (SSSR count). The van der Waals surface area contributed by atoms with Crippen LogP contribution in [0.4, 0.5) is 0 Å². The van der Waals surface area contributed by atoms with E-state index in [0.29, 0.717) is 28.8 Å². The molecule has 0 spiro atoms. The number of pyridine rings is 1. The lowest BCUT2D eigenvalue weighted by atomic mass is 10.0. The Hall–Kier alpha value is -4.01. The highest BCUT2D eigenvalue weighted by atomic mass is 79.9. The maximum Gasteiger partial charge on any atom is 0.311 e. The molecule has 0 bridgehead atoms. The molecule has 0 radical (unpaired) electrons. The third kappa shape index (κ3) is 7.75. The molecule has 198 valence electrons. The van der Waals surface area contributed by atoms with Crippen LogP contribution in [0.1, 0.15) is 23.6 Å². The van der Waals surface area contributed by atoms with Gasteiger partial charge in [-0.25, -0.2) is 0 Å². The second kappa shape index (κ2) is 13.7. The van der Waals surface area contributed by atoms with Crippen molar-refractivity contribution in [1.29, 1.82) is 0 Å². The number of aromatic nitrogens is 1. The lowest BCUT2D eigenvalue weighted by Crippen LogP contribution is -2.13. The molecule has 1 amide bonds. The fraction of sp³-hybridized carbons (Fsp3) is 0.133. The quantitative estimate of drug-likeness (QED) is 0.140. The third-order valence-corrected chi connectivity index (χ3v) is 7.00. The van der Waals surface area contributed by atoms with Gasteiger partial charge in [-0.05, 0) is 46.1 Å². The van der Waals surface area contributed by atoms with Gasteiger partial charge in [0, 0.05) is 63.1 Å². The van der Waals surface area contributed by atoms with Gasteiger partial charge in [-0.2, -0.15) is 0 Å². The fourth-order valence-corrected chi connectivity index (χ4v) is 4.64. The number of rotatable bonds is 11. The summed E-state index contributed by atoms with van der Waals surface area (Å²) in [5.41, 5.74) is 5.25. The average molecular weight is 607 g/mol. The summed E-state index contributed by atoms with van der Waals surface area (Å²) in [6.07, 6.45) is 4.56. The number of nitrogens with one attached hydrogen (secondary N) is 1.